The number of thiocarbonyl (C=S) groups is 1. The highest BCUT2D eigenvalue weighted by Gasteiger charge is 2.25. The van der Waals surface area contributed by atoms with E-state index in [1.807, 2.05) is 19.9 Å². The Labute approximate surface area is 108 Å². The summed E-state index contributed by atoms with van der Waals surface area (Å²) in [5.74, 6) is 0.944. The molecule has 0 aliphatic heterocycles. The van der Waals surface area contributed by atoms with Gasteiger partial charge >= 0.3 is 0 Å². The second-order valence-electron chi connectivity index (χ2n) is 5.08. The van der Waals surface area contributed by atoms with Gasteiger partial charge in [0.15, 0.2) is 5.60 Å². The normalized spacial score (nSPS) is 15.2. The summed E-state index contributed by atoms with van der Waals surface area (Å²) in [4.78, 5) is 0.394. The van der Waals surface area contributed by atoms with Crippen LogP contribution in [0.5, 0.6) is 5.75 Å². The van der Waals surface area contributed by atoms with E-state index in [0.717, 1.165) is 18.6 Å². The average molecular weight is 249 g/mol. The summed E-state index contributed by atoms with van der Waals surface area (Å²) in [5.41, 5.74) is 7.87. The minimum absolute atomic E-state index is 0.394. The van der Waals surface area contributed by atoms with Gasteiger partial charge in [0, 0.05) is 0 Å². The molecule has 1 aromatic rings. The topological polar surface area (TPSA) is 35.2 Å². The van der Waals surface area contributed by atoms with Gasteiger partial charge in [0.05, 0.1) is 0 Å². The van der Waals surface area contributed by atoms with Gasteiger partial charge in [-0.25, -0.2) is 0 Å². The minimum atomic E-state index is -0.581. The lowest BCUT2D eigenvalue weighted by Crippen LogP contribution is -2.42. The van der Waals surface area contributed by atoms with Gasteiger partial charge < -0.3 is 10.5 Å². The molecule has 0 saturated carbocycles. The largest absolute Gasteiger partial charge is 0.480 e. The Balaban J connectivity index is 2.30. The zero-order valence-corrected chi connectivity index (χ0v) is 11.3. The molecule has 0 fully saturated rings. The summed E-state index contributed by atoms with van der Waals surface area (Å²) < 4.78 is 6.00. The van der Waals surface area contributed by atoms with E-state index in [-0.39, 0.29) is 0 Å². The fraction of sp³-hybridized carbons (Fsp3) is 0.500. The molecule has 2 N–H and O–H groups in total. The van der Waals surface area contributed by atoms with Crippen LogP contribution in [-0.2, 0) is 12.8 Å². The van der Waals surface area contributed by atoms with Crippen LogP contribution in [0.2, 0.25) is 0 Å². The van der Waals surface area contributed by atoms with Gasteiger partial charge in [-0.1, -0.05) is 24.4 Å². The monoisotopic (exact) mass is 249 g/mol. The number of aryl methyl sites for hydroxylation is 1. The first kappa shape index (κ1) is 12.4. The third kappa shape index (κ3) is 2.60. The second kappa shape index (κ2) is 4.65. The average Bonchev–Trinajstić information content (AvgIpc) is 2.29. The standard InChI is InChI=1S/C14H19NOS/c1-14(2,13(15)17)16-12-9-5-7-10-6-3-4-8-11(10)12/h5,7,9H,3-4,6,8H2,1-2H3,(H2,15,17). The summed E-state index contributed by atoms with van der Waals surface area (Å²) in [7, 11) is 0. The predicted octanol–water partition coefficient (Wildman–Crippen LogP) is 3.01. The second-order valence-corrected chi connectivity index (χ2v) is 5.52. The first-order valence-electron chi connectivity index (χ1n) is 6.10. The molecule has 0 heterocycles. The van der Waals surface area contributed by atoms with Gasteiger partial charge in [-0.05, 0) is 56.7 Å². The van der Waals surface area contributed by atoms with E-state index in [4.69, 9.17) is 22.7 Å². The smallest absolute Gasteiger partial charge is 0.153 e. The van der Waals surface area contributed by atoms with Gasteiger partial charge in [-0.3, -0.25) is 0 Å². The Bertz CT molecular complexity index is 440. The molecule has 2 nitrogen and oxygen atoms in total. The predicted molar refractivity (Wildman–Crippen MR) is 74.6 cm³/mol. The molecule has 2 rings (SSSR count). The van der Waals surface area contributed by atoms with Crippen molar-refractivity contribution in [2.24, 2.45) is 5.73 Å². The maximum Gasteiger partial charge on any atom is 0.153 e. The van der Waals surface area contributed by atoms with Crippen LogP contribution in [0.3, 0.4) is 0 Å². The number of benzene rings is 1. The van der Waals surface area contributed by atoms with Gasteiger partial charge in [0.25, 0.3) is 0 Å². The number of rotatable bonds is 3. The lowest BCUT2D eigenvalue weighted by atomic mass is 9.91. The van der Waals surface area contributed by atoms with E-state index in [1.165, 1.54) is 24.0 Å². The van der Waals surface area contributed by atoms with Gasteiger partial charge in [-0.15, -0.1) is 0 Å². The SMILES string of the molecule is CC(C)(Oc1cccc2c1CCCC2)C(N)=S. The number of nitrogens with two attached hydrogens (primary N) is 1. The van der Waals surface area contributed by atoms with E-state index >= 15 is 0 Å². The quantitative estimate of drug-likeness (QED) is 0.836. The Hall–Kier alpha value is -1.09. The van der Waals surface area contributed by atoms with Crippen LogP contribution < -0.4 is 10.5 Å². The lowest BCUT2D eigenvalue weighted by Gasteiger charge is -2.28. The summed E-state index contributed by atoms with van der Waals surface area (Å²) >= 11 is 5.04. The van der Waals surface area contributed by atoms with Gasteiger partial charge in [-0.2, -0.15) is 0 Å². The molecule has 0 aromatic heterocycles. The van der Waals surface area contributed by atoms with Crippen molar-refractivity contribution in [2.75, 3.05) is 0 Å². The molecule has 92 valence electrons. The molecular formula is C14H19NOS. The Morgan fingerprint density at radius 2 is 2.00 bits per heavy atom. The van der Waals surface area contributed by atoms with Crippen molar-refractivity contribution < 1.29 is 4.74 Å². The fourth-order valence-electron chi connectivity index (χ4n) is 2.17. The van der Waals surface area contributed by atoms with E-state index < -0.39 is 5.60 Å². The zero-order chi connectivity index (χ0) is 12.5. The summed E-state index contributed by atoms with van der Waals surface area (Å²) in [6.45, 7) is 3.83. The zero-order valence-electron chi connectivity index (χ0n) is 10.5. The summed E-state index contributed by atoms with van der Waals surface area (Å²) in [6, 6.07) is 6.26. The van der Waals surface area contributed by atoms with Crippen LogP contribution in [-0.4, -0.2) is 10.6 Å². The van der Waals surface area contributed by atoms with Crippen molar-refractivity contribution in [3.63, 3.8) is 0 Å². The third-order valence-electron chi connectivity index (χ3n) is 3.31. The highest BCUT2D eigenvalue weighted by molar-refractivity contribution is 7.80. The highest BCUT2D eigenvalue weighted by Crippen LogP contribution is 2.31. The van der Waals surface area contributed by atoms with Crippen LogP contribution in [0, 0.1) is 0 Å². The van der Waals surface area contributed by atoms with Crippen LogP contribution >= 0.6 is 12.2 Å². The molecule has 1 aliphatic rings. The van der Waals surface area contributed by atoms with Gasteiger partial charge in [0.1, 0.15) is 10.7 Å². The molecule has 0 bridgehead atoms. The molecule has 0 unspecified atom stereocenters. The first-order valence-corrected chi connectivity index (χ1v) is 6.51. The number of fused-ring (bicyclic) bond motifs is 1. The summed E-state index contributed by atoms with van der Waals surface area (Å²) in [6.07, 6.45) is 4.76. The molecule has 0 saturated heterocycles. The van der Waals surface area contributed by atoms with Crippen LogP contribution in [0.1, 0.15) is 37.8 Å². The fourth-order valence-corrected chi connectivity index (χ4v) is 2.21. The number of hydrogen-bond donors (Lipinski definition) is 1. The molecule has 1 aromatic carbocycles. The van der Waals surface area contributed by atoms with E-state index in [9.17, 15) is 0 Å². The van der Waals surface area contributed by atoms with Crippen molar-refractivity contribution in [2.45, 2.75) is 45.1 Å². The molecule has 3 heteroatoms. The van der Waals surface area contributed by atoms with Crippen molar-refractivity contribution in [1.82, 2.24) is 0 Å². The van der Waals surface area contributed by atoms with Crippen LogP contribution in [0.4, 0.5) is 0 Å². The molecule has 0 amide bonds. The molecule has 0 atom stereocenters. The lowest BCUT2D eigenvalue weighted by molar-refractivity contribution is 0.181. The van der Waals surface area contributed by atoms with Crippen LogP contribution in [0.25, 0.3) is 0 Å². The van der Waals surface area contributed by atoms with Gasteiger partial charge in [0.2, 0.25) is 0 Å². The van der Waals surface area contributed by atoms with Crippen molar-refractivity contribution in [1.29, 1.82) is 0 Å². The van der Waals surface area contributed by atoms with Crippen molar-refractivity contribution in [3.8, 4) is 5.75 Å². The Kier molecular flexibility index (Phi) is 3.38. The Morgan fingerprint density at radius 3 is 2.71 bits per heavy atom. The molecule has 0 spiro atoms. The van der Waals surface area contributed by atoms with Crippen molar-refractivity contribution >= 4 is 17.2 Å². The first-order chi connectivity index (χ1) is 8.00. The third-order valence-corrected chi connectivity index (χ3v) is 3.80. The maximum absolute atomic E-state index is 6.00. The van der Waals surface area contributed by atoms with E-state index in [2.05, 4.69) is 12.1 Å². The number of hydrogen-bond acceptors (Lipinski definition) is 2. The summed E-state index contributed by atoms with van der Waals surface area (Å²) in [5, 5.41) is 0. The molecule has 0 radical (unpaired) electrons. The number of ether oxygens (including phenoxy) is 1. The highest BCUT2D eigenvalue weighted by atomic mass is 32.1. The van der Waals surface area contributed by atoms with Crippen LogP contribution in [0.15, 0.2) is 18.2 Å². The van der Waals surface area contributed by atoms with E-state index in [1.54, 1.807) is 0 Å². The Morgan fingerprint density at radius 1 is 1.29 bits per heavy atom. The molecular weight excluding hydrogens is 230 g/mol. The maximum atomic E-state index is 6.00. The molecule has 1 aliphatic carbocycles. The molecule has 17 heavy (non-hydrogen) atoms. The van der Waals surface area contributed by atoms with Crippen molar-refractivity contribution in [3.05, 3.63) is 29.3 Å². The minimum Gasteiger partial charge on any atom is -0.480 e. The van der Waals surface area contributed by atoms with E-state index in [0.29, 0.717) is 4.99 Å².